The SMILES string of the molecule is CC1(C)c2ccccc2-c2ccc(N(c3ccccc3)c3ccc(-n4c5ccccc5c5cc6c(cc54)C4(c5ccccc5O6)c5ccccc5-c5ccccc54)cc3)cc21. The van der Waals surface area contributed by atoms with Crippen LogP contribution in [0, 0.1) is 0 Å². The molecule has 10 aromatic rings. The number of nitrogens with zero attached hydrogens (tertiary/aromatic N) is 2. The summed E-state index contributed by atoms with van der Waals surface area (Å²) in [4.78, 5) is 2.39. The first-order valence-corrected chi connectivity index (χ1v) is 21.3. The zero-order chi connectivity index (χ0) is 40.5. The highest BCUT2D eigenvalue weighted by Crippen LogP contribution is 2.62. The molecule has 9 aromatic carbocycles. The van der Waals surface area contributed by atoms with Crippen molar-refractivity contribution in [3.8, 4) is 39.4 Å². The van der Waals surface area contributed by atoms with Gasteiger partial charge in [0.25, 0.3) is 0 Å². The second kappa shape index (κ2) is 12.5. The van der Waals surface area contributed by atoms with E-state index < -0.39 is 5.41 Å². The van der Waals surface area contributed by atoms with Gasteiger partial charge < -0.3 is 14.2 Å². The summed E-state index contributed by atoms with van der Waals surface area (Å²) in [6, 6.07) is 75.7. The molecule has 3 heteroatoms. The van der Waals surface area contributed by atoms with Crippen molar-refractivity contribution in [3.63, 3.8) is 0 Å². The smallest absolute Gasteiger partial charge is 0.133 e. The lowest BCUT2D eigenvalue weighted by Crippen LogP contribution is -2.32. The number of para-hydroxylation sites is 3. The van der Waals surface area contributed by atoms with E-state index in [1.165, 1.54) is 60.8 Å². The van der Waals surface area contributed by atoms with Crippen LogP contribution in [0.3, 0.4) is 0 Å². The summed E-state index contributed by atoms with van der Waals surface area (Å²) < 4.78 is 9.38. The summed E-state index contributed by atoms with van der Waals surface area (Å²) in [6.07, 6.45) is 0. The molecule has 0 saturated carbocycles. The van der Waals surface area contributed by atoms with E-state index in [1.54, 1.807) is 0 Å². The van der Waals surface area contributed by atoms with Crippen LogP contribution in [0.5, 0.6) is 11.5 Å². The molecular weight excluding hydrogens is 741 g/mol. The number of fused-ring (bicyclic) bond motifs is 15. The number of ether oxygens (including phenoxy) is 1. The summed E-state index contributed by atoms with van der Waals surface area (Å²) in [7, 11) is 0. The molecule has 2 heterocycles. The van der Waals surface area contributed by atoms with Crippen molar-refractivity contribution in [1.82, 2.24) is 4.57 Å². The highest BCUT2D eigenvalue weighted by atomic mass is 16.5. The summed E-state index contributed by atoms with van der Waals surface area (Å²) in [6.45, 7) is 4.70. The zero-order valence-corrected chi connectivity index (χ0v) is 33.9. The van der Waals surface area contributed by atoms with Gasteiger partial charge in [0.15, 0.2) is 0 Å². The molecule has 0 bridgehead atoms. The van der Waals surface area contributed by atoms with Gasteiger partial charge in [0.1, 0.15) is 11.5 Å². The van der Waals surface area contributed by atoms with Gasteiger partial charge in [-0.25, -0.2) is 0 Å². The van der Waals surface area contributed by atoms with E-state index in [0.29, 0.717) is 0 Å². The first-order valence-electron chi connectivity index (χ1n) is 21.3. The second-order valence-electron chi connectivity index (χ2n) is 17.2. The van der Waals surface area contributed by atoms with Gasteiger partial charge in [0.05, 0.1) is 16.4 Å². The Balaban J connectivity index is 1.01. The van der Waals surface area contributed by atoms with Crippen LogP contribution < -0.4 is 9.64 Å². The highest BCUT2D eigenvalue weighted by molar-refractivity contribution is 6.10. The Morgan fingerprint density at radius 3 is 1.67 bits per heavy atom. The maximum atomic E-state index is 6.94. The van der Waals surface area contributed by atoms with Gasteiger partial charge in [0.2, 0.25) is 0 Å². The minimum atomic E-state index is -0.543. The number of anilines is 3. The molecule has 0 fully saturated rings. The van der Waals surface area contributed by atoms with E-state index in [2.05, 4.69) is 230 Å². The topological polar surface area (TPSA) is 17.4 Å². The van der Waals surface area contributed by atoms with Crippen LogP contribution in [0.25, 0.3) is 49.7 Å². The summed E-state index contributed by atoms with van der Waals surface area (Å²) in [5.74, 6) is 1.80. The van der Waals surface area contributed by atoms with Crippen LogP contribution in [0.1, 0.15) is 47.2 Å². The van der Waals surface area contributed by atoms with Crippen LogP contribution in [-0.4, -0.2) is 4.57 Å². The molecule has 1 aromatic heterocycles. The minimum absolute atomic E-state index is 0.0990. The van der Waals surface area contributed by atoms with E-state index in [1.807, 2.05) is 0 Å². The van der Waals surface area contributed by atoms with Crippen molar-refractivity contribution in [2.24, 2.45) is 0 Å². The Bertz CT molecular complexity index is 3380. The number of benzene rings is 9. The van der Waals surface area contributed by atoms with Crippen LogP contribution in [-0.2, 0) is 10.8 Å². The normalized spacial score (nSPS) is 14.5. The predicted molar refractivity (Wildman–Crippen MR) is 250 cm³/mol. The van der Waals surface area contributed by atoms with Crippen LogP contribution in [0.2, 0.25) is 0 Å². The predicted octanol–water partition coefficient (Wildman–Crippen LogP) is 15.0. The Hall–Kier alpha value is -7.62. The molecule has 61 heavy (non-hydrogen) atoms. The molecule has 0 saturated heterocycles. The Morgan fingerprint density at radius 1 is 0.377 bits per heavy atom. The Morgan fingerprint density at radius 2 is 0.934 bits per heavy atom. The van der Waals surface area contributed by atoms with Crippen LogP contribution in [0.15, 0.2) is 206 Å². The maximum absolute atomic E-state index is 6.94. The second-order valence-corrected chi connectivity index (χ2v) is 17.2. The zero-order valence-electron chi connectivity index (χ0n) is 33.9. The van der Waals surface area contributed by atoms with E-state index in [9.17, 15) is 0 Å². The van der Waals surface area contributed by atoms with Crippen molar-refractivity contribution < 1.29 is 4.74 Å². The van der Waals surface area contributed by atoms with E-state index in [4.69, 9.17) is 4.74 Å². The third kappa shape index (κ3) is 4.58. The average molecular weight is 781 g/mol. The molecule has 1 spiro atoms. The average Bonchev–Trinajstić information content (AvgIpc) is 3.88. The summed E-state index contributed by atoms with van der Waals surface area (Å²) >= 11 is 0. The molecule has 0 amide bonds. The van der Waals surface area contributed by atoms with Crippen LogP contribution >= 0.6 is 0 Å². The third-order valence-corrected chi connectivity index (χ3v) is 13.8. The lowest BCUT2D eigenvalue weighted by atomic mass is 9.66. The fourth-order valence-corrected chi connectivity index (χ4v) is 11.2. The molecule has 0 unspecified atom stereocenters. The van der Waals surface area contributed by atoms with Crippen molar-refractivity contribution in [1.29, 1.82) is 0 Å². The number of rotatable bonds is 4. The standard InChI is InChI=1S/C58H40N2O/c1-57(2)47-22-10-6-18-41(47)44-33-32-40(34-51(44)57)59(37-16-4-3-5-17-37)38-28-30-39(31-29-38)60-53-26-14-9-21-45(53)46-35-56-52(36-54(46)60)58(50-25-13-15-27-55(50)61-56)48-23-11-7-19-42(48)43-20-8-12-24-49(43)58/h3-36H,1-2H3. The molecule has 0 N–H and O–H groups in total. The summed E-state index contributed by atoms with van der Waals surface area (Å²) in [5, 5.41) is 2.36. The first-order chi connectivity index (χ1) is 30.0. The van der Waals surface area contributed by atoms with Crippen LogP contribution in [0.4, 0.5) is 17.1 Å². The molecule has 2 aliphatic carbocycles. The molecule has 1 aliphatic heterocycles. The van der Waals surface area contributed by atoms with Crippen molar-refractivity contribution in [3.05, 3.63) is 240 Å². The van der Waals surface area contributed by atoms with Gasteiger partial charge in [0, 0.05) is 50.1 Å². The summed E-state index contributed by atoms with van der Waals surface area (Å²) in [5.41, 5.74) is 19.0. The van der Waals surface area contributed by atoms with Gasteiger partial charge in [-0.05, 0) is 117 Å². The van der Waals surface area contributed by atoms with Gasteiger partial charge in [-0.1, -0.05) is 147 Å². The molecule has 13 rings (SSSR count). The number of hydrogen-bond donors (Lipinski definition) is 0. The van der Waals surface area contributed by atoms with Crippen molar-refractivity contribution in [2.75, 3.05) is 4.90 Å². The number of aromatic nitrogens is 1. The largest absolute Gasteiger partial charge is 0.457 e. The third-order valence-electron chi connectivity index (χ3n) is 13.8. The maximum Gasteiger partial charge on any atom is 0.133 e. The van der Waals surface area contributed by atoms with Gasteiger partial charge in [-0.3, -0.25) is 0 Å². The fraction of sp³-hybridized carbons (Fsp3) is 0.0690. The lowest BCUT2D eigenvalue weighted by molar-refractivity contribution is 0.437. The van der Waals surface area contributed by atoms with Gasteiger partial charge >= 0.3 is 0 Å². The molecule has 3 nitrogen and oxygen atoms in total. The van der Waals surface area contributed by atoms with E-state index >= 15 is 0 Å². The monoisotopic (exact) mass is 780 g/mol. The highest BCUT2D eigenvalue weighted by Gasteiger charge is 2.51. The minimum Gasteiger partial charge on any atom is -0.457 e. The van der Waals surface area contributed by atoms with E-state index in [0.717, 1.165) is 50.8 Å². The Kier molecular flexibility index (Phi) is 6.99. The van der Waals surface area contributed by atoms with Crippen molar-refractivity contribution >= 4 is 38.9 Å². The molecule has 288 valence electrons. The van der Waals surface area contributed by atoms with Crippen molar-refractivity contribution in [2.45, 2.75) is 24.7 Å². The molecule has 0 atom stereocenters. The fourth-order valence-electron chi connectivity index (χ4n) is 11.2. The lowest BCUT2D eigenvalue weighted by Gasteiger charge is -2.39. The molecular formula is C58H40N2O. The first kappa shape index (κ1) is 34.3. The molecule has 0 radical (unpaired) electrons. The molecule has 3 aliphatic rings. The quantitative estimate of drug-likeness (QED) is 0.177. The Labute approximate surface area is 355 Å². The number of hydrogen-bond acceptors (Lipinski definition) is 2. The van der Waals surface area contributed by atoms with Gasteiger partial charge in [-0.2, -0.15) is 0 Å². The van der Waals surface area contributed by atoms with Gasteiger partial charge in [-0.15, -0.1) is 0 Å². The van der Waals surface area contributed by atoms with E-state index in [-0.39, 0.29) is 5.41 Å².